The Balaban J connectivity index is 2.01. The van der Waals surface area contributed by atoms with Crippen LogP contribution in [0.25, 0.3) is 0 Å². The second-order valence-corrected chi connectivity index (χ2v) is 6.85. The monoisotopic (exact) mass is 427 g/mol. The third kappa shape index (κ3) is 4.14. The van der Waals surface area contributed by atoms with Gasteiger partial charge < -0.3 is 20.9 Å². The van der Waals surface area contributed by atoms with Crippen LogP contribution in [-0.2, 0) is 10.9 Å². The van der Waals surface area contributed by atoms with Crippen molar-refractivity contribution < 1.29 is 36.2 Å². The lowest BCUT2D eigenvalue weighted by atomic mass is 9.94. The minimum Gasteiger partial charge on any atom is -0.446 e. The van der Waals surface area contributed by atoms with Gasteiger partial charge >= 0.3 is 12.4 Å². The molecule has 0 aliphatic carbocycles. The van der Waals surface area contributed by atoms with Crippen molar-refractivity contribution in [2.24, 2.45) is 5.10 Å². The molecule has 3 rings (SSSR count). The van der Waals surface area contributed by atoms with Crippen molar-refractivity contribution in [1.82, 2.24) is 10.4 Å². The summed E-state index contributed by atoms with van der Waals surface area (Å²) in [4.78, 5) is 3.84. The number of rotatable bonds is 0. The normalized spacial score (nSPS) is 25.9. The molecule has 1 aromatic heterocycles. The van der Waals surface area contributed by atoms with Gasteiger partial charge in [0.15, 0.2) is 0 Å². The SMILES string of the molecule is Nc1cc(C(F)(F)F)c2nc1C1NN=C(O1)C(O)(C(F)(F)F)CCCCCCN2. The zero-order valence-corrected chi connectivity index (χ0v) is 15.0. The van der Waals surface area contributed by atoms with Gasteiger partial charge in [0.2, 0.25) is 17.7 Å². The molecule has 13 heteroatoms. The van der Waals surface area contributed by atoms with Crippen LogP contribution in [0.15, 0.2) is 11.2 Å². The second kappa shape index (κ2) is 7.43. The van der Waals surface area contributed by atoms with Gasteiger partial charge in [-0.1, -0.05) is 12.8 Å². The molecule has 7 nitrogen and oxygen atoms in total. The first-order valence-corrected chi connectivity index (χ1v) is 8.84. The van der Waals surface area contributed by atoms with Crippen LogP contribution < -0.4 is 16.5 Å². The summed E-state index contributed by atoms with van der Waals surface area (Å²) >= 11 is 0. The Hall–Kier alpha value is -2.44. The maximum Gasteiger partial charge on any atom is 0.426 e. The predicted molar refractivity (Wildman–Crippen MR) is 90.6 cm³/mol. The highest BCUT2D eigenvalue weighted by molar-refractivity contribution is 5.87. The zero-order chi connectivity index (χ0) is 21.4. The Morgan fingerprint density at radius 3 is 2.48 bits per heavy atom. The van der Waals surface area contributed by atoms with E-state index in [-0.39, 0.29) is 18.7 Å². The lowest BCUT2D eigenvalue weighted by molar-refractivity contribution is -0.238. The molecule has 0 amide bonds. The Bertz CT molecular complexity index is 797. The smallest absolute Gasteiger partial charge is 0.426 e. The first kappa shape index (κ1) is 21.3. The summed E-state index contributed by atoms with van der Waals surface area (Å²) in [7, 11) is 0. The highest BCUT2D eigenvalue weighted by Crippen LogP contribution is 2.41. The molecule has 29 heavy (non-hydrogen) atoms. The molecule has 0 radical (unpaired) electrons. The average molecular weight is 427 g/mol. The number of anilines is 2. The van der Waals surface area contributed by atoms with Crippen molar-refractivity contribution in [2.75, 3.05) is 17.6 Å². The van der Waals surface area contributed by atoms with E-state index < -0.39 is 53.6 Å². The van der Waals surface area contributed by atoms with E-state index in [1.807, 2.05) is 0 Å². The van der Waals surface area contributed by atoms with Crippen LogP contribution in [0, 0.1) is 0 Å². The molecule has 2 atom stereocenters. The molecule has 0 aromatic carbocycles. The first-order chi connectivity index (χ1) is 13.4. The summed E-state index contributed by atoms with van der Waals surface area (Å²) in [5, 5.41) is 16.3. The van der Waals surface area contributed by atoms with Crippen molar-refractivity contribution in [3.8, 4) is 0 Å². The highest BCUT2D eigenvalue weighted by atomic mass is 19.4. The van der Waals surface area contributed by atoms with E-state index in [0.717, 1.165) is 0 Å². The minimum atomic E-state index is -5.06. The van der Waals surface area contributed by atoms with Gasteiger partial charge in [0.05, 0.1) is 11.3 Å². The van der Waals surface area contributed by atoms with Crippen molar-refractivity contribution in [1.29, 1.82) is 0 Å². The molecule has 2 aliphatic rings. The van der Waals surface area contributed by atoms with Gasteiger partial charge in [0, 0.05) is 6.54 Å². The lowest BCUT2D eigenvalue weighted by Crippen LogP contribution is -2.52. The van der Waals surface area contributed by atoms with Crippen LogP contribution in [0.5, 0.6) is 0 Å². The number of hydrogen-bond acceptors (Lipinski definition) is 7. The fourth-order valence-corrected chi connectivity index (χ4v) is 3.13. The third-order valence-electron chi connectivity index (χ3n) is 4.73. The van der Waals surface area contributed by atoms with Crippen LogP contribution in [-0.4, -0.2) is 34.3 Å². The van der Waals surface area contributed by atoms with Crippen LogP contribution in [0.1, 0.15) is 49.6 Å². The largest absolute Gasteiger partial charge is 0.446 e. The van der Waals surface area contributed by atoms with Gasteiger partial charge in [0.1, 0.15) is 11.5 Å². The van der Waals surface area contributed by atoms with Crippen molar-refractivity contribution >= 4 is 17.4 Å². The van der Waals surface area contributed by atoms with Crippen molar-refractivity contribution in [3.05, 3.63) is 17.3 Å². The average Bonchev–Trinajstić information content (AvgIpc) is 3.09. The Morgan fingerprint density at radius 2 is 1.83 bits per heavy atom. The van der Waals surface area contributed by atoms with E-state index in [4.69, 9.17) is 10.5 Å². The number of aromatic nitrogens is 1. The number of aliphatic hydroxyl groups is 1. The van der Waals surface area contributed by atoms with Gasteiger partial charge in [-0.05, 0) is 25.3 Å². The number of nitrogen functional groups attached to an aromatic ring is 1. The lowest BCUT2D eigenvalue weighted by Gasteiger charge is -2.29. The van der Waals surface area contributed by atoms with Crippen LogP contribution in [0.3, 0.4) is 0 Å². The molecule has 4 bridgehead atoms. The van der Waals surface area contributed by atoms with Crippen molar-refractivity contribution in [2.45, 2.75) is 56.3 Å². The molecule has 3 heterocycles. The van der Waals surface area contributed by atoms with E-state index in [2.05, 4.69) is 20.8 Å². The number of halogens is 6. The van der Waals surface area contributed by atoms with E-state index in [1.165, 1.54) is 0 Å². The zero-order valence-electron chi connectivity index (χ0n) is 15.0. The maximum atomic E-state index is 13.5. The molecule has 0 fully saturated rings. The van der Waals surface area contributed by atoms with Crippen LogP contribution in [0.2, 0.25) is 0 Å². The number of nitrogens with two attached hydrogens (primary N) is 1. The summed E-state index contributed by atoms with van der Waals surface area (Å²) in [5.74, 6) is -1.54. The molecule has 0 saturated carbocycles. The molecular weight excluding hydrogens is 408 g/mol. The number of hydrazone groups is 1. The molecule has 2 aliphatic heterocycles. The summed E-state index contributed by atoms with van der Waals surface area (Å²) in [6.45, 7) is 0.129. The van der Waals surface area contributed by atoms with E-state index in [0.29, 0.717) is 25.3 Å². The Kier molecular flexibility index (Phi) is 5.45. The van der Waals surface area contributed by atoms with Gasteiger partial charge in [-0.15, -0.1) is 5.10 Å². The number of alkyl halides is 6. The molecule has 1 aromatic rings. The quantitative estimate of drug-likeness (QED) is 0.474. The van der Waals surface area contributed by atoms with E-state index in [1.54, 1.807) is 0 Å². The van der Waals surface area contributed by atoms with E-state index >= 15 is 0 Å². The number of hydrogen-bond donors (Lipinski definition) is 4. The summed E-state index contributed by atoms with van der Waals surface area (Å²) in [6.07, 6.45) is -10.8. The van der Waals surface area contributed by atoms with Crippen LogP contribution in [0.4, 0.5) is 37.8 Å². The van der Waals surface area contributed by atoms with Gasteiger partial charge in [-0.3, -0.25) is 5.43 Å². The number of pyridine rings is 1. The molecule has 162 valence electrons. The van der Waals surface area contributed by atoms with E-state index in [9.17, 15) is 31.4 Å². The summed E-state index contributed by atoms with van der Waals surface area (Å²) < 4.78 is 85.6. The molecule has 0 saturated heterocycles. The number of nitrogens with zero attached hydrogens (tertiary/aromatic N) is 2. The fraction of sp³-hybridized carbons (Fsp3) is 0.625. The minimum absolute atomic E-state index is 0.0164. The number of nitrogens with one attached hydrogen (secondary N) is 2. The maximum absolute atomic E-state index is 13.5. The molecular formula is C16H19F6N5O2. The fourth-order valence-electron chi connectivity index (χ4n) is 3.13. The van der Waals surface area contributed by atoms with Gasteiger partial charge in [-0.25, -0.2) is 4.98 Å². The second-order valence-electron chi connectivity index (χ2n) is 6.85. The first-order valence-electron chi connectivity index (χ1n) is 8.84. The topological polar surface area (TPSA) is 105 Å². The molecule has 5 N–H and O–H groups in total. The molecule has 2 unspecified atom stereocenters. The highest BCUT2D eigenvalue weighted by Gasteiger charge is 2.60. The standard InChI is InChI=1S/C16H19F6N5O2/c17-15(18,19)8-7-9(23)10-12-26-27-13(29-12)14(28,16(20,21)22)5-3-1-2-4-6-24-11(8)25-10/h7,12,26,28H,1-6,23H2,(H,24,25). The summed E-state index contributed by atoms with van der Waals surface area (Å²) in [6, 6.07) is 0.634. The summed E-state index contributed by atoms with van der Waals surface area (Å²) in [5.41, 5.74) is 2.72. The Labute approximate surface area is 161 Å². The van der Waals surface area contributed by atoms with Gasteiger partial charge in [0.25, 0.3) is 0 Å². The number of ether oxygens (including phenoxy) is 1. The number of fused-ring (bicyclic) bond motifs is 5. The van der Waals surface area contributed by atoms with Crippen molar-refractivity contribution in [3.63, 3.8) is 0 Å². The molecule has 0 spiro atoms. The van der Waals surface area contributed by atoms with Gasteiger partial charge in [-0.2, -0.15) is 26.3 Å². The third-order valence-corrected chi connectivity index (χ3v) is 4.73. The predicted octanol–water partition coefficient (Wildman–Crippen LogP) is 3.28. The van der Waals surface area contributed by atoms with Crippen LogP contribution >= 0.6 is 0 Å². The Morgan fingerprint density at radius 1 is 1.14 bits per heavy atom.